The van der Waals surface area contributed by atoms with E-state index in [1.165, 1.54) is 37.6 Å². The largest absolute Gasteiger partial charge is 0.618 e. The molecule has 0 radical (unpaired) electrons. The lowest BCUT2D eigenvalue weighted by atomic mass is 10.1. The Hall–Kier alpha value is -5.15. The van der Waals surface area contributed by atoms with Gasteiger partial charge in [-0.1, -0.05) is 43.8 Å². The maximum atomic E-state index is 11.8. The first kappa shape index (κ1) is 30.9. The Bertz CT molecular complexity index is 1280. The molecule has 0 fully saturated rings. The van der Waals surface area contributed by atoms with Crippen LogP contribution in [-0.4, -0.2) is 45.4 Å². The van der Waals surface area contributed by atoms with Crippen molar-refractivity contribution in [3.05, 3.63) is 131 Å². The molecule has 0 amide bonds. The monoisotopic (exact) mass is 518 g/mol. The second kappa shape index (κ2) is 16.5. The molecular formula is C29H30N2O7. The summed E-state index contributed by atoms with van der Waals surface area (Å²) >= 11 is 0. The molecule has 0 spiro atoms. The number of carboxylic acids is 2. The molecule has 0 saturated heterocycles. The van der Waals surface area contributed by atoms with Crippen LogP contribution in [-0.2, 0) is 0 Å². The number of carboxylic acid groups (broad SMARTS) is 2. The highest BCUT2D eigenvalue weighted by atomic mass is 16.5. The molecule has 4 N–H and O–H groups in total. The summed E-state index contributed by atoms with van der Waals surface area (Å²) < 4.78 is 5.60. The fourth-order valence-corrected chi connectivity index (χ4v) is 2.74. The topological polar surface area (TPSA) is 142 Å². The predicted molar refractivity (Wildman–Crippen MR) is 147 cm³/mol. The molecule has 4 aromatic rings. The van der Waals surface area contributed by atoms with Crippen LogP contribution in [0.4, 0.5) is 11.4 Å². The SMILES string of the molecule is C.COc1ccc(C(=O)O)cc1.O=C(O)c1ccc(/C=[N+](\[O-])c2ccccc2)cc1.ONc1ccccc1. The van der Waals surface area contributed by atoms with Crippen LogP contribution in [0.2, 0.25) is 0 Å². The van der Waals surface area contributed by atoms with Crippen LogP contribution < -0.4 is 10.2 Å². The number of aromatic carboxylic acids is 2. The molecule has 0 bridgehead atoms. The van der Waals surface area contributed by atoms with Crippen molar-refractivity contribution in [3.8, 4) is 5.75 Å². The van der Waals surface area contributed by atoms with Gasteiger partial charge < -0.3 is 20.2 Å². The van der Waals surface area contributed by atoms with Gasteiger partial charge in [0.1, 0.15) is 5.75 Å². The summed E-state index contributed by atoms with van der Waals surface area (Å²) in [6.45, 7) is 0. The number of rotatable bonds is 6. The summed E-state index contributed by atoms with van der Waals surface area (Å²) in [7, 11) is 1.54. The third kappa shape index (κ3) is 10.6. The van der Waals surface area contributed by atoms with E-state index in [2.05, 4.69) is 0 Å². The number of hydrogen-bond acceptors (Lipinski definition) is 6. The third-order valence-corrected chi connectivity index (χ3v) is 4.67. The quantitative estimate of drug-likeness (QED) is 0.103. The number of benzene rings is 4. The van der Waals surface area contributed by atoms with Crippen molar-refractivity contribution in [3.63, 3.8) is 0 Å². The maximum absolute atomic E-state index is 11.8. The van der Waals surface area contributed by atoms with Crippen molar-refractivity contribution < 1.29 is 34.5 Å². The lowest BCUT2D eigenvalue weighted by Gasteiger charge is -2.02. The highest BCUT2D eigenvalue weighted by Gasteiger charge is 2.04. The van der Waals surface area contributed by atoms with Crippen molar-refractivity contribution in [2.24, 2.45) is 0 Å². The van der Waals surface area contributed by atoms with Gasteiger partial charge in [0.05, 0.1) is 23.9 Å². The highest BCUT2D eigenvalue weighted by molar-refractivity contribution is 5.89. The molecule has 0 aliphatic heterocycles. The number of ether oxygens (including phenoxy) is 1. The molecule has 0 heterocycles. The molecular weight excluding hydrogens is 488 g/mol. The molecule has 38 heavy (non-hydrogen) atoms. The van der Waals surface area contributed by atoms with Crippen LogP contribution in [0.3, 0.4) is 0 Å². The number of methoxy groups -OCH3 is 1. The predicted octanol–water partition coefficient (Wildman–Crippen LogP) is 6.16. The van der Waals surface area contributed by atoms with E-state index in [1.807, 2.05) is 29.7 Å². The number of carbonyl (C=O) groups is 2. The zero-order valence-electron chi connectivity index (χ0n) is 19.9. The molecule has 9 nitrogen and oxygen atoms in total. The smallest absolute Gasteiger partial charge is 0.335 e. The van der Waals surface area contributed by atoms with E-state index in [0.29, 0.717) is 22.7 Å². The first-order chi connectivity index (χ1) is 17.8. The van der Waals surface area contributed by atoms with Gasteiger partial charge in [-0.15, -0.1) is 0 Å². The van der Waals surface area contributed by atoms with Crippen molar-refractivity contribution in [1.82, 2.24) is 0 Å². The summed E-state index contributed by atoms with van der Waals surface area (Å²) in [5, 5.41) is 37.3. The van der Waals surface area contributed by atoms with E-state index < -0.39 is 11.9 Å². The van der Waals surface area contributed by atoms with E-state index in [1.54, 1.807) is 60.7 Å². The minimum atomic E-state index is -0.983. The molecule has 0 aliphatic carbocycles. The average Bonchev–Trinajstić information content (AvgIpc) is 2.95. The van der Waals surface area contributed by atoms with Crippen molar-refractivity contribution in [1.29, 1.82) is 0 Å². The lowest BCUT2D eigenvalue weighted by molar-refractivity contribution is -0.354. The Morgan fingerprint density at radius 2 is 1.21 bits per heavy atom. The van der Waals surface area contributed by atoms with Crippen LogP contribution in [0, 0.1) is 5.21 Å². The fraction of sp³-hybridized carbons (Fsp3) is 0.0690. The Kier molecular flexibility index (Phi) is 13.4. The van der Waals surface area contributed by atoms with E-state index in [9.17, 15) is 14.8 Å². The van der Waals surface area contributed by atoms with Gasteiger partial charge >= 0.3 is 11.9 Å². The molecule has 0 unspecified atom stereocenters. The molecule has 4 aromatic carbocycles. The lowest BCUT2D eigenvalue weighted by Crippen LogP contribution is -2.00. The van der Waals surface area contributed by atoms with E-state index in [4.69, 9.17) is 20.2 Å². The van der Waals surface area contributed by atoms with Gasteiger partial charge in [0.2, 0.25) is 5.69 Å². The van der Waals surface area contributed by atoms with E-state index in [0.717, 1.165) is 4.74 Å². The molecule has 0 atom stereocenters. The maximum Gasteiger partial charge on any atom is 0.335 e. The minimum absolute atomic E-state index is 0. The van der Waals surface area contributed by atoms with E-state index in [-0.39, 0.29) is 18.6 Å². The summed E-state index contributed by atoms with van der Waals surface area (Å²) in [6.07, 6.45) is 1.40. The van der Waals surface area contributed by atoms with Gasteiger partial charge in [-0.3, -0.25) is 10.7 Å². The zero-order valence-corrected chi connectivity index (χ0v) is 19.9. The molecule has 9 heteroatoms. The second-order valence-corrected chi connectivity index (χ2v) is 7.23. The number of hydrogen-bond donors (Lipinski definition) is 4. The summed E-state index contributed by atoms with van der Waals surface area (Å²) in [6, 6.07) is 30.3. The van der Waals surface area contributed by atoms with Crippen LogP contribution in [0.5, 0.6) is 5.75 Å². The molecule has 198 valence electrons. The molecule has 0 aliphatic rings. The van der Waals surface area contributed by atoms with Crippen molar-refractivity contribution >= 4 is 29.5 Å². The molecule has 0 aromatic heterocycles. The Morgan fingerprint density at radius 3 is 1.61 bits per heavy atom. The normalized spacial score (nSPS) is 9.79. The van der Waals surface area contributed by atoms with Crippen LogP contribution >= 0.6 is 0 Å². The first-order valence-electron chi connectivity index (χ1n) is 10.9. The van der Waals surface area contributed by atoms with Crippen LogP contribution in [0.15, 0.2) is 109 Å². The minimum Gasteiger partial charge on any atom is -0.618 e. The number of anilines is 1. The van der Waals surface area contributed by atoms with Crippen molar-refractivity contribution in [2.75, 3.05) is 12.6 Å². The van der Waals surface area contributed by atoms with Crippen molar-refractivity contribution in [2.45, 2.75) is 7.43 Å². The van der Waals surface area contributed by atoms with Gasteiger partial charge in [-0.05, 0) is 60.7 Å². The molecule has 0 saturated carbocycles. The Morgan fingerprint density at radius 1 is 0.763 bits per heavy atom. The number of nitrogens with one attached hydrogen (secondary N) is 1. The van der Waals surface area contributed by atoms with Gasteiger partial charge in [-0.2, -0.15) is 4.74 Å². The van der Waals surface area contributed by atoms with Gasteiger partial charge in [-0.25, -0.2) is 9.59 Å². The third-order valence-electron chi connectivity index (χ3n) is 4.67. The standard InChI is InChI=1S/C14H11NO3.C8H8O3.C6H7NO.CH4/c16-14(17)12-8-6-11(7-9-12)10-15(18)13-4-2-1-3-5-13;1-11-7-4-2-6(3-5-7)8(9)10;8-7-6-4-2-1-3-5-6;/h1-10H,(H,16,17);2-5H,1H3,(H,9,10);1-5,7-8H;1H4/b15-10-;;;. The van der Waals surface area contributed by atoms with E-state index >= 15 is 0 Å². The number of para-hydroxylation sites is 2. The van der Waals surface area contributed by atoms with Crippen LogP contribution in [0.1, 0.15) is 33.7 Å². The van der Waals surface area contributed by atoms with Gasteiger partial charge in [0.25, 0.3) is 0 Å². The van der Waals surface area contributed by atoms with Gasteiger partial charge in [0.15, 0.2) is 6.21 Å². The zero-order chi connectivity index (χ0) is 27.0. The average molecular weight is 519 g/mol. The summed E-state index contributed by atoms with van der Waals surface area (Å²) in [4.78, 5) is 21.0. The second-order valence-electron chi connectivity index (χ2n) is 7.23. The molecule has 4 rings (SSSR count). The Balaban J connectivity index is 0.000000309. The van der Waals surface area contributed by atoms with Gasteiger partial charge in [0, 0.05) is 17.7 Å². The van der Waals surface area contributed by atoms with Crippen LogP contribution in [0.25, 0.3) is 0 Å². The first-order valence-corrected chi connectivity index (χ1v) is 10.9. The fourth-order valence-electron chi connectivity index (χ4n) is 2.74. The summed E-state index contributed by atoms with van der Waals surface area (Å²) in [5.74, 6) is -1.24. The Labute approximate surface area is 221 Å². The summed E-state index contributed by atoms with van der Waals surface area (Å²) in [5.41, 5.74) is 4.39. The highest BCUT2D eigenvalue weighted by Crippen LogP contribution is 2.11. The number of nitrogens with zero attached hydrogens (tertiary/aromatic N) is 1.